The summed E-state index contributed by atoms with van der Waals surface area (Å²) < 4.78 is 0. The van der Waals surface area contributed by atoms with Crippen LogP contribution in [-0.2, 0) is 20.9 Å². The van der Waals surface area contributed by atoms with Crippen LogP contribution in [0, 0.1) is 0 Å². The van der Waals surface area contributed by atoms with Crippen molar-refractivity contribution in [1.82, 2.24) is 10.6 Å². The fraction of sp³-hybridized carbons (Fsp3) is 0.267. The lowest BCUT2D eigenvalue weighted by atomic mass is 10.1. The van der Waals surface area contributed by atoms with Gasteiger partial charge in [-0.25, -0.2) is 4.79 Å². The Morgan fingerprint density at radius 3 is 2.62 bits per heavy atom. The van der Waals surface area contributed by atoms with Gasteiger partial charge in [-0.05, 0) is 23.6 Å². The molecule has 6 nitrogen and oxygen atoms in total. The number of amides is 2. The van der Waals surface area contributed by atoms with Crippen LogP contribution in [0.1, 0.15) is 24.0 Å². The van der Waals surface area contributed by atoms with Crippen LogP contribution in [-0.4, -0.2) is 28.9 Å². The molecule has 0 saturated carbocycles. The summed E-state index contributed by atoms with van der Waals surface area (Å²) in [5.41, 5.74) is 1.68. The summed E-state index contributed by atoms with van der Waals surface area (Å²) in [6, 6.07) is 6.75. The average molecular weight is 288 g/mol. The number of hydrogen-bond acceptors (Lipinski definition) is 3. The minimum atomic E-state index is -0.995. The fourth-order valence-electron chi connectivity index (χ4n) is 2.04. The number of aliphatic carboxylic acids is 1. The van der Waals surface area contributed by atoms with Gasteiger partial charge in [0.25, 0.3) is 0 Å². The minimum Gasteiger partial charge on any atom is -0.478 e. The highest BCUT2D eigenvalue weighted by Crippen LogP contribution is 2.08. The summed E-state index contributed by atoms with van der Waals surface area (Å²) in [6.45, 7) is 0.369. The van der Waals surface area contributed by atoms with Gasteiger partial charge in [0.05, 0.1) is 0 Å². The van der Waals surface area contributed by atoms with E-state index in [1.807, 2.05) is 12.1 Å². The predicted molar refractivity (Wildman–Crippen MR) is 76.1 cm³/mol. The van der Waals surface area contributed by atoms with E-state index in [-0.39, 0.29) is 11.8 Å². The average Bonchev–Trinajstić information content (AvgIpc) is 2.90. The number of nitrogens with one attached hydrogen (secondary N) is 2. The Morgan fingerprint density at radius 2 is 2.05 bits per heavy atom. The van der Waals surface area contributed by atoms with Crippen LogP contribution in [0.25, 0.3) is 6.08 Å². The first-order valence-corrected chi connectivity index (χ1v) is 6.61. The van der Waals surface area contributed by atoms with Gasteiger partial charge in [0.2, 0.25) is 11.8 Å². The molecule has 1 aliphatic heterocycles. The second-order valence-electron chi connectivity index (χ2n) is 4.79. The Balaban J connectivity index is 1.84. The van der Waals surface area contributed by atoms with E-state index in [1.165, 1.54) is 6.08 Å². The lowest BCUT2D eigenvalue weighted by Gasteiger charge is -2.11. The molecule has 6 heteroatoms. The number of hydrogen-bond donors (Lipinski definition) is 3. The standard InChI is InChI=1S/C15H16N2O4/c18-13-7-6-12(17-13)15(21)16-9-11-3-1-10(2-4-11)5-8-14(19)20/h1-5,8,12H,6-7,9H2,(H,16,21)(H,17,18)(H,19,20). The maximum Gasteiger partial charge on any atom is 0.328 e. The maximum absolute atomic E-state index is 11.8. The van der Waals surface area contributed by atoms with Gasteiger partial charge in [-0.15, -0.1) is 0 Å². The summed E-state index contributed by atoms with van der Waals surface area (Å²) >= 11 is 0. The molecule has 2 rings (SSSR count). The van der Waals surface area contributed by atoms with E-state index in [4.69, 9.17) is 5.11 Å². The smallest absolute Gasteiger partial charge is 0.328 e. The molecule has 110 valence electrons. The van der Waals surface area contributed by atoms with Gasteiger partial charge >= 0.3 is 5.97 Å². The van der Waals surface area contributed by atoms with E-state index in [0.717, 1.165) is 17.2 Å². The second kappa shape index (κ2) is 6.69. The van der Waals surface area contributed by atoms with Crippen LogP contribution in [0.5, 0.6) is 0 Å². The molecule has 0 radical (unpaired) electrons. The summed E-state index contributed by atoms with van der Waals surface area (Å²) in [5.74, 6) is -1.27. The van der Waals surface area contributed by atoms with Crippen LogP contribution in [0.15, 0.2) is 30.3 Å². The Kier molecular flexibility index (Phi) is 4.71. The molecule has 1 atom stereocenters. The highest BCUT2D eigenvalue weighted by atomic mass is 16.4. The van der Waals surface area contributed by atoms with Crippen molar-refractivity contribution in [3.05, 3.63) is 41.5 Å². The van der Waals surface area contributed by atoms with Crippen molar-refractivity contribution in [1.29, 1.82) is 0 Å². The Morgan fingerprint density at radius 1 is 1.33 bits per heavy atom. The number of carbonyl (C=O) groups excluding carboxylic acids is 2. The molecule has 1 unspecified atom stereocenters. The van der Waals surface area contributed by atoms with Crippen LogP contribution < -0.4 is 10.6 Å². The van der Waals surface area contributed by atoms with Crippen LogP contribution >= 0.6 is 0 Å². The third kappa shape index (κ3) is 4.45. The predicted octanol–water partition coefficient (Wildman–Crippen LogP) is 0.679. The summed E-state index contributed by atoms with van der Waals surface area (Å²) in [6.07, 6.45) is 3.49. The van der Waals surface area contributed by atoms with E-state index < -0.39 is 12.0 Å². The molecule has 0 aliphatic carbocycles. The van der Waals surface area contributed by atoms with Gasteiger partial charge in [0.1, 0.15) is 6.04 Å². The normalized spacial score (nSPS) is 17.7. The molecular formula is C15H16N2O4. The number of carbonyl (C=O) groups is 3. The molecule has 3 N–H and O–H groups in total. The zero-order chi connectivity index (χ0) is 15.2. The lowest BCUT2D eigenvalue weighted by molar-refractivity contribution is -0.131. The first-order chi connectivity index (χ1) is 10.0. The van der Waals surface area contributed by atoms with Gasteiger partial charge in [0.15, 0.2) is 0 Å². The largest absolute Gasteiger partial charge is 0.478 e. The van der Waals surface area contributed by atoms with Gasteiger partial charge in [0, 0.05) is 19.0 Å². The van der Waals surface area contributed by atoms with Crippen LogP contribution in [0.4, 0.5) is 0 Å². The van der Waals surface area contributed by atoms with E-state index in [9.17, 15) is 14.4 Å². The lowest BCUT2D eigenvalue weighted by Crippen LogP contribution is -2.41. The number of carboxylic acid groups (broad SMARTS) is 1. The highest BCUT2D eigenvalue weighted by Gasteiger charge is 2.26. The number of rotatable bonds is 5. The number of benzene rings is 1. The molecule has 1 aliphatic rings. The Bertz CT molecular complexity index is 578. The van der Waals surface area contributed by atoms with Crippen molar-refractivity contribution in [2.45, 2.75) is 25.4 Å². The first-order valence-electron chi connectivity index (χ1n) is 6.61. The van der Waals surface area contributed by atoms with Crippen molar-refractivity contribution in [3.8, 4) is 0 Å². The van der Waals surface area contributed by atoms with E-state index in [2.05, 4.69) is 10.6 Å². The first kappa shape index (κ1) is 14.8. The molecule has 1 saturated heterocycles. The highest BCUT2D eigenvalue weighted by molar-refractivity contribution is 5.90. The maximum atomic E-state index is 11.8. The molecule has 1 heterocycles. The second-order valence-corrected chi connectivity index (χ2v) is 4.79. The zero-order valence-corrected chi connectivity index (χ0v) is 11.3. The molecular weight excluding hydrogens is 272 g/mol. The van der Waals surface area contributed by atoms with Crippen molar-refractivity contribution >= 4 is 23.9 Å². The Hall–Kier alpha value is -2.63. The molecule has 1 aromatic rings. The molecule has 21 heavy (non-hydrogen) atoms. The van der Waals surface area contributed by atoms with Gasteiger partial charge < -0.3 is 15.7 Å². The van der Waals surface area contributed by atoms with Crippen LogP contribution in [0.3, 0.4) is 0 Å². The van der Waals surface area contributed by atoms with Gasteiger partial charge in [-0.3, -0.25) is 9.59 Å². The molecule has 0 spiro atoms. The van der Waals surface area contributed by atoms with Gasteiger partial charge in [-0.2, -0.15) is 0 Å². The van der Waals surface area contributed by atoms with Gasteiger partial charge in [-0.1, -0.05) is 24.3 Å². The summed E-state index contributed by atoms with van der Waals surface area (Å²) in [7, 11) is 0. The van der Waals surface area contributed by atoms with E-state index >= 15 is 0 Å². The SMILES string of the molecule is O=C(O)C=Cc1ccc(CNC(=O)C2CCC(=O)N2)cc1. The van der Waals surface area contributed by atoms with Crippen molar-refractivity contribution in [2.75, 3.05) is 0 Å². The summed E-state index contributed by atoms with van der Waals surface area (Å²) in [5, 5.41) is 13.9. The molecule has 1 fully saturated rings. The molecule has 0 aromatic heterocycles. The summed E-state index contributed by atoms with van der Waals surface area (Å²) in [4.78, 5) is 33.2. The van der Waals surface area contributed by atoms with Crippen molar-refractivity contribution in [2.24, 2.45) is 0 Å². The van der Waals surface area contributed by atoms with Crippen LogP contribution in [0.2, 0.25) is 0 Å². The topological polar surface area (TPSA) is 95.5 Å². The Labute approximate surface area is 121 Å². The number of carboxylic acids is 1. The zero-order valence-electron chi connectivity index (χ0n) is 11.3. The quantitative estimate of drug-likeness (QED) is 0.694. The third-order valence-corrected chi connectivity index (χ3v) is 3.18. The molecule has 2 amide bonds. The van der Waals surface area contributed by atoms with Crippen molar-refractivity contribution in [3.63, 3.8) is 0 Å². The minimum absolute atomic E-state index is 0.0929. The molecule has 0 bridgehead atoms. The fourth-order valence-corrected chi connectivity index (χ4v) is 2.04. The third-order valence-electron chi connectivity index (χ3n) is 3.18. The van der Waals surface area contributed by atoms with E-state index in [1.54, 1.807) is 12.1 Å². The monoisotopic (exact) mass is 288 g/mol. The van der Waals surface area contributed by atoms with Crippen molar-refractivity contribution < 1.29 is 19.5 Å². The molecule has 1 aromatic carbocycles. The van der Waals surface area contributed by atoms with E-state index in [0.29, 0.717) is 19.4 Å².